The molecule has 2 nitrogen and oxygen atoms in total. The highest BCUT2D eigenvalue weighted by molar-refractivity contribution is 9.10. The molecule has 0 aliphatic rings. The summed E-state index contributed by atoms with van der Waals surface area (Å²) in [7, 11) is 0. The van der Waals surface area contributed by atoms with E-state index in [4.69, 9.17) is 16.3 Å². The fourth-order valence-electron chi connectivity index (χ4n) is 1.75. The van der Waals surface area contributed by atoms with Gasteiger partial charge in [0.2, 0.25) is 0 Å². The summed E-state index contributed by atoms with van der Waals surface area (Å²) in [6, 6.07) is 7.32. The van der Waals surface area contributed by atoms with E-state index in [1.165, 1.54) is 12.1 Å². The molecule has 112 valence electrons. The maximum Gasteiger partial charge on any atom is 0.198 e. The Morgan fingerprint density at radius 1 is 1.19 bits per heavy atom. The molecule has 0 atom stereocenters. The Hall–Kier alpha value is -1.17. The monoisotopic (exact) mass is 375 g/mol. The topological polar surface area (TPSA) is 21.3 Å². The third-order valence-electron chi connectivity index (χ3n) is 2.74. The highest BCUT2D eigenvalue weighted by Gasteiger charge is 2.15. The molecule has 2 rings (SSSR count). The third kappa shape index (κ3) is 4.15. The minimum Gasteiger partial charge on any atom is -0.450 e. The first-order valence-electron chi connectivity index (χ1n) is 6.32. The molecule has 0 saturated carbocycles. The predicted molar refractivity (Wildman–Crippen MR) is 83.0 cm³/mol. The lowest BCUT2D eigenvalue weighted by Crippen LogP contribution is -2.12. The summed E-state index contributed by atoms with van der Waals surface area (Å²) in [4.78, 5) is 0. The van der Waals surface area contributed by atoms with Gasteiger partial charge in [0.15, 0.2) is 17.4 Å². The normalized spacial score (nSPS) is 10.7. The van der Waals surface area contributed by atoms with Crippen molar-refractivity contribution in [1.82, 2.24) is 5.32 Å². The smallest absolute Gasteiger partial charge is 0.198 e. The van der Waals surface area contributed by atoms with Gasteiger partial charge in [0, 0.05) is 11.0 Å². The van der Waals surface area contributed by atoms with Crippen molar-refractivity contribution < 1.29 is 13.5 Å². The van der Waals surface area contributed by atoms with Crippen molar-refractivity contribution in [2.24, 2.45) is 0 Å². The van der Waals surface area contributed by atoms with Crippen LogP contribution in [0, 0.1) is 11.6 Å². The number of hydrogen-bond acceptors (Lipinski definition) is 2. The van der Waals surface area contributed by atoms with Crippen LogP contribution in [0.4, 0.5) is 8.78 Å². The van der Waals surface area contributed by atoms with Crippen molar-refractivity contribution in [3.63, 3.8) is 0 Å². The lowest BCUT2D eigenvalue weighted by Gasteiger charge is -2.11. The molecule has 1 N–H and O–H groups in total. The molecule has 0 aromatic heterocycles. The van der Waals surface area contributed by atoms with Crippen molar-refractivity contribution in [2.75, 3.05) is 6.54 Å². The molecule has 0 unspecified atom stereocenters. The fourth-order valence-corrected chi connectivity index (χ4v) is 2.24. The Morgan fingerprint density at radius 3 is 2.48 bits per heavy atom. The summed E-state index contributed by atoms with van der Waals surface area (Å²) in [6.07, 6.45) is 0. The van der Waals surface area contributed by atoms with Gasteiger partial charge in [0.05, 0.1) is 5.02 Å². The van der Waals surface area contributed by atoms with Crippen LogP contribution in [0.1, 0.15) is 12.5 Å². The molecule has 0 amide bonds. The molecule has 0 aliphatic carbocycles. The molecular weight excluding hydrogens is 364 g/mol. The zero-order valence-electron chi connectivity index (χ0n) is 11.2. The summed E-state index contributed by atoms with van der Waals surface area (Å²) >= 11 is 9.20. The van der Waals surface area contributed by atoms with Crippen LogP contribution in [-0.2, 0) is 6.54 Å². The SMILES string of the molecule is CCNCc1cc(F)c(Oc2cc(Br)ccc2Cl)c(F)c1. The number of benzene rings is 2. The van der Waals surface area contributed by atoms with E-state index in [1.807, 2.05) is 6.92 Å². The Kier molecular flexibility index (Phi) is 5.56. The maximum absolute atomic E-state index is 14.0. The first-order chi connectivity index (χ1) is 10.0. The van der Waals surface area contributed by atoms with Gasteiger partial charge < -0.3 is 10.1 Å². The van der Waals surface area contributed by atoms with Gasteiger partial charge in [-0.2, -0.15) is 0 Å². The van der Waals surface area contributed by atoms with E-state index >= 15 is 0 Å². The highest BCUT2D eigenvalue weighted by atomic mass is 79.9. The van der Waals surface area contributed by atoms with Crippen molar-refractivity contribution >= 4 is 27.5 Å². The van der Waals surface area contributed by atoms with Gasteiger partial charge in [-0.05, 0) is 42.4 Å². The summed E-state index contributed by atoms with van der Waals surface area (Å²) in [5.41, 5.74) is 0.513. The number of halogens is 4. The van der Waals surface area contributed by atoms with E-state index in [2.05, 4.69) is 21.2 Å². The lowest BCUT2D eigenvalue weighted by atomic mass is 10.2. The van der Waals surface area contributed by atoms with Crippen molar-refractivity contribution in [3.8, 4) is 11.5 Å². The second-order valence-electron chi connectivity index (χ2n) is 4.35. The summed E-state index contributed by atoms with van der Waals surface area (Å²) < 4.78 is 34.0. The molecule has 0 saturated heterocycles. The lowest BCUT2D eigenvalue weighted by molar-refractivity contribution is 0.406. The molecule has 0 aliphatic heterocycles. The van der Waals surface area contributed by atoms with Gasteiger partial charge in [-0.25, -0.2) is 8.78 Å². The average Bonchev–Trinajstić information content (AvgIpc) is 2.44. The van der Waals surface area contributed by atoms with Gasteiger partial charge in [-0.3, -0.25) is 0 Å². The van der Waals surface area contributed by atoms with E-state index in [9.17, 15) is 8.78 Å². The zero-order chi connectivity index (χ0) is 15.4. The quantitative estimate of drug-likeness (QED) is 0.766. The molecule has 2 aromatic rings. The third-order valence-corrected chi connectivity index (χ3v) is 3.55. The summed E-state index contributed by atoms with van der Waals surface area (Å²) in [5, 5.41) is 3.28. The van der Waals surface area contributed by atoms with E-state index in [1.54, 1.807) is 18.2 Å². The van der Waals surface area contributed by atoms with Crippen LogP contribution < -0.4 is 10.1 Å². The predicted octanol–water partition coefficient (Wildman–Crippen LogP) is 5.28. The first kappa shape index (κ1) is 16.2. The van der Waals surface area contributed by atoms with Crippen LogP contribution >= 0.6 is 27.5 Å². The molecule has 0 bridgehead atoms. The molecular formula is C15H13BrClF2NO. The van der Waals surface area contributed by atoms with Gasteiger partial charge in [-0.1, -0.05) is 34.5 Å². The van der Waals surface area contributed by atoms with E-state index in [-0.39, 0.29) is 10.8 Å². The Bertz CT molecular complexity index is 629. The first-order valence-corrected chi connectivity index (χ1v) is 7.50. The van der Waals surface area contributed by atoms with Crippen molar-refractivity contribution in [1.29, 1.82) is 0 Å². The number of rotatable bonds is 5. The number of nitrogens with one attached hydrogen (secondary N) is 1. The van der Waals surface area contributed by atoms with Crippen LogP contribution in [0.2, 0.25) is 5.02 Å². The fraction of sp³-hybridized carbons (Fsp3) is 0.200. The number of ether oxygens (including phenoxy) is 1. The maximum atomic E-state index is 14.0. The minimum absolute atomic E-state index is 0.184. The van der Waals surface area contributed by atoms with Crippen LogP contribution in [-0.4, -0.2) is 6.54 Å². The molecule has 2 aromatic carbocycles. The standard InChI is InChI=1S/C15H13BrClF2NO/c1-2-20-8-9-5-12(18)15(13(19)6-9)21-14-7-10(16)3-4-11(14)17/h3-7,20H,2,8H2,1H3. The molecule has 0 spiro atoms. The van der Waals surface area contributed by atoms with E-state index in [0.29, 0.717) is 16.6 Å². The van der Waals surface area contributed by atoms with E-state index < -0.39 is 17.4 Å². The van der Waals surface area contributed by atoms with Gasteiger partial charge >= 0.3 is 0 Å². The largest absolute Gasteiger partial charge is 0.450 e. The van der Waals surface area contributed by atoms with Crippen LogP contribution in [0.25, 0.3) is 0 Å². The summed E-state index contributed by atoms with van der Waals surface area (Å²) in [6.45, 7) is 3.02. The molecule has 21 heavy (non-hydrogen) atoms. The number of hydrogen-bond donors (Lipinski definition) is 1. The zero-order valence-corrected chi connectivity index (χ0v) is 13.6. The molecule has 0 fully saturated rings. The molecule has 0 heterocycles. The minimum atomic E-state index is -0.765. The van der Waals surface area contributed by atoms with Gasteiger partial charge in [-0.15, -0.1) is 0 Å². The molecule has 6 heteroatoms. The van der Waals surface area contributed by atoms with Crippen LogP contribution in [0.15, 0.2) is 34.8 Å². The van der Waals surface area contributed by atoms with Crippen LogP contribution in [0.5, 0.6) is 11.5 Å². The van der Waals surface area contributed by atoms with E-state index in [0.717, 1.165) is 6.54 Å². The van der Waals surface area contributed by atoms with Crippen molar-refractivity contribution in [3.05, 3.63) is 57.0 Å². The van der Waals surface area contributed by atoms with Crippen molar-refractivity contribution in [2.45, 2.75) is 13.5 Å². The molecule has 0 radical (unpaired) electrons. The Morgan fingerprint density at radius 2 is 1.86 bits per heavy atom. The van der Waals surface area contributed by atoms with Crippen LogP contribution in [0.3, 0.4) is 0 Å². The highest BCUT2D eigenvalue weighted by Crippen LogP contribution is 2.34. The second-order valence-corrected chi connectivity index (χ2v) is 5.67. The van der Waals surface area contributed by atoms with Gasteiger partial charge in [0.25, 0.3) is 0 Å². The Balaban J connectivity index is 2.30. The summed E-state index contributed by atoms with van der Waals surface area (Å²) in [5.74, 6) is -1.81. The average molecular weight is 377 g/mol. The Labute approximate surface area is 135 Å². The second kappa shape index (κ2) is 7.20. The van der Waals surface area contributed by atoms with Gasteiger partial charge in [0.1, 0.15) is 5.75 Å².